The van der Waals surface area contributed by atoms with E-state index in [-0.39, 0.29) is 24.3 Å². The molecule has 2 fully saturated rings. The monoisotopic (exact) mass is 277 g/mol. The molecule has 106 valence electrons. The van der Waals surface area contributed by atoms with Gasteiger partial charge in [-0.2, -0.15) is 13.9 Å². The van der Waals surface area contributed by atoms with Gasteiger partial charge in [-0.15, -0.1) is 0 Å². The van der Waals surface area contributed by atoms with Crippen LogP contribution >= 0.6 is 0 Å². The van der Waals surface area contributed by atoms with Crippen LogP contribution in [0.25, 0.3) is 0 Å². The predicted molar refractivity (Wildman–Crippen MR) is 60.1 cm³/mol. The summed E-state index contributed by atoms with van der Waals surface area (Å²) in [6.45, 7) is -2.03. The van der Waals surface area contributed by atoms with Crippen molar-refractivity contribution in [2.45, 2.75) is 44.2 Å². The molecular weight excluding hydrogens is 262 g/mol. The molecule has 1 saturated carbocycles. The van der Waals surface area contributed by atoms with Crippen LogP contribution in [0.4, 0.5) is 17.6 Å². The van der Waals surface area contributed by atoms with Crippen LogP contribution in [-0.4, -0.2) is 22.2 Å². The van der Waals surface area contributed by atoms with E-state index in [0.717, 1.165) is 6.42 Å². The van der Waals surface area contributed by atoms with Gasteiger partial charge in [0.2, 0.25) is 5.92 Å². The van der Waals surface area contributed by atoms with Crippen molar-refractivity contribution in [1.29, 1.82) is 0 Å². The maximum Gasteiger partial charge on any atom is 0.333 e. The summed E-state index contributed by atoms with van der Waals surface area (Å²) in [7, 11) is 0. The van der Waals surface area contributed by atoms with Crippen LogP contribution in [0.1, 0.15) is 43.8 Å². The molecule has 0 unspecified atom stereocenters. The van der Waals surface area contributed by atoms with Gasteiger partial charge in [0, 0.05) is 30.6 Å². The summed E-state index contributed by atoms with van der Waals surface area (Å²) in [6, 6.07) is -0.155. The van der Waals surface area contributed by atoms with Crippen molar-refractivity contribution in [3.63, 3.8) is 0 Å². The Morgan fingerprint density at radius 1 is 1.37 bits per heavy atom. The fraction of sp³-hybridized carbons (Fsp3) is 0.750. The zero-order valence-corrected chi connectivity index (χ0v) is 10.3. The summed E-state index contributed by atoms with van der Waals surface area (Å²) in [5.74, 6) is -2.55. The molecule has 7 heteroatoms. The minimum Gasteiger partial charge on any atom is -0.310 e. The lowest BCUT2D eigenvalue weighted by Crippen LogP contribution is -2.52. The molecule has 19 heavy (non-hydrogen) atoms. The molecule has 3 nitrogen and oxygen atoms in total. The molecule has 1 spiro atoms. The van der Waals surface area contributed by atoms with Gasteiger partial charge in [-0.1, -0.05) is 0 Å². The molecule has 0 amide bonds. The minimum atomic E-state index is -2.67. The Labute approximate surface area is 108 Å². The van der Waals surface area contributed by atoms with Gasteiger partial charge in [0.15, 0.2) is 0 Å². The first-order valence-corrected chi connectivity index (χ1v) is 6.33. The normalized spacial score (nSPS) is 28.6. The topological polar surface area (TPSA) is 29.9 Å². The largest absolute Gasteiger partial charge is 0.333 e. The van der Waals surface area contributed by atoms with Crippen LogP contribution in [0.2, 0.25) is 0 Å². The van der Waals surface area contributed by atoms with Gasteiger partial charge in [0.1, 0.15) is 0 Å². The van der Waals surface area contributed by atoms with Crippen LogP contribution < -0.4 is 5.32 Å². The van der Waals surface area contributed by atoms with E-state index in [2.05, 4.69) is 10.4 Å². The average molecular weight is 277 g/mol. The van der Waals surface area contributed by atoms with Crippen molar-refractivity contribution >= 4 is 0 Å². The summed E-state index contributed by atoms with van der Waals surface area (Å²) in [4.78, 5) is 0. The summed E-state index contributed by atoms with van der Waals surface area (Å²) in [5.41, 5.74) is 0.321. The maximum atomic E-state index is 13.1. The van der Waals surface area contributed by atoms with Gasteiger partial charge in [-0.3, -0.25) is 0 Å². The van der Waals surface area contributed by atoms with Crippen LogP contribution in [0.5, 0.6) is 0 Å². The number of halogens is 4. The van der Waals surface area contributed by atoms with Crippen molar-refractivity contribution in [2.75, 3.05) is 6.54 Å². The Morgan fingerprint density at radius 2 is 2.11 bits per heavy atom. The number of hydrogen-bond donors (Lipinski definition) is 1. The molecule has 0 aromatic carbocycles. The zero-order chi connectivity index (χ0) is 13.7. The average Bonchev–Trinajstić information content (AvgIpc) is 2.75. The third kappa shape index (κ3) is 2.35. The second-order valence-electron chi connectivity index (χ2n) is 5.70. The predicted octanol–water partition coefficient (Wildman–Crippen LogP) is 3.12. The Kier molecular flexibility index (Phi) is 2.85. The van der Waals surface area contributed by atoms with E-state index in [1.165, 1.54) is 12.4 Å². The second kappa shape index (κ2) is 4.19. The number of piperidine rings is 1. The highest BCUT2D eigenvalue weighted by atomic mass is 19.3. The lowest BCUT2D eigenvalue weighted by atomic mass is 9.59. The number of aromatic nitrogens is 2. The number of nitrogens with one attached hydrogen (secondary N) is 1. The lowest BCUT2D eigenvalue weighted by Gasteiger charge is -2.51. The molecule has 1 aromatic heterocycles. The van der Waals surface area contributed by atoms with Crippen LogP contribution in [0.3, 0.4) is 0 Å². The Bertz CT molecular complexity index is 463. The number of alkyl halides is 4. The Balaban J connectivity index is 1.71. The van der Waals surface area contributed by atoms with Gasteiger partial charge >= 0.3 is 6.55 Å². The van der Waals surface area contributed by atoms with Gasteiger partial charge in [0.25, 0.3) is 0 Å². The first-order valence-electron chi connectivity index (χ1n) is 6.33. The van der Waals surface area contributed by atoms with E-state index in [9.17, 15) is 17.6 Å². The molecule has 1 saturated heterocycles. The number of rotatable bonds is 2. The van der Waals surface area contributed by atoms with Gasteiger partial charge in [0.05, 0.1) is 6.20 Å². The fourth-order valence-corrected chi connectivity index (χ4v) is 3.36. The summed E-state index contributed by atoms with van der Waals surface area (Å²) in [5, 5.41) is 6.78. The van der Waals surface area contributed by atoms with Crippen molar-refractivity contribution in [1.82, 2.24) is 15.1 Å². The highest BCUT2D eigenvalue weighted by molar-refractivity contribution is 5.15. The molecule has 3 rings (SSSR count). The summed E-state index contributed by atoms with van der Waals surface area (Å²) < 4.78 is 51.7. The standard InChI is InChI=1S/C12H15F4N3/c13-10(14)19-5-8(4-18-19)9-3-11(1-2-17-9)6-12(15,16)7-11/h4-5,9-10,17H,1-3,6-7H2/t9-/m1/s1. The first-order chi connectivity index (χ1) is 8.89. The maximum absolute atomic E-state index is 13.1. The van der Waals surface area contributed by atoms with E-state index < -0.39 is 12.5 Å². The second-order valence-corrected chi connectivity index (χ2v) is 5.70. The third-order valence-electron chi connectivity index (χ3n) is 4.17. The van der Waals surface area contributed by atoms with Gasteiger partial charge in [-0.25, -0.2) is 13.5 Å². The minimum absolute atomic E-state index is 0.0822. The van der Waals surface area contributed by atoms with Gasteiger partial charge < -0.3 is 5.32 Å². The highest BCUT2D eigenvalue weighted by Crippen LogP contribution is 2.58. The fourth-order valence-electron chi connectivity index (χ4n) is 3.36. The molecule has 0 bridgehead atoms. The van der Waals surface area contributed by atoms with E-state index in [0.29, 0.717) is 23.2 Å². The van der Waals surface area contributed by atoms with Crippen molar-refractivity contribution in [3.8, 4) is 0 Å². The van der Waals surface area contributed by atoms with E-state index >= 15 is 0 Å². The summed E-state index contributed by atoms with van der Waals surface area (Å²) >= 11 is 0. The van der Waals surface area contributed by atoms with Crippen molar-refractivity contribution in [3.05, 3.63) is 18.0 Å². The lowest BCUT2D eigenvalue weighted by molar-refractivity contribution is -0.174. The van der Waals surface area contributed by atoms with E-state index in [1.807, 2.05) is 0 Å². The first kappa shape index (κ1) is 12.9. The van der Waals surface area contributed by atoms with Crippen molar-refractivity contribution in [2.24, 2.45) is 5.41 Å². The molecule has 1 N–H and O–H groups in total. The molecule has 2 aliphatic rings. The highest BCUT2D eigenvalue weighted by Gasteiger charge is 2.57. The van der Waals surface area contributed by atoms with Crippen LogP contribution in [0.15, 0.2) is 12.4 Å². The molecule has 0 radical (unpaired) electrons. The summed E-state index contributed by atoms with van der Waals surface area (Å²) in [6.07, 6.45) is 3.81. The van der Waals surface area contributed by atoms with Gasteiger partial charge in [-0.05, 0) is 24.8 Å². The van der Waals surface area contributed by atoms with E-state index in [1.54, 1.807) is 0 Å². The SMILES string of the molecule is FC(F)n1cc([C@H]2CC3(CCN2)CC(F)(F)C3)cn1. The molecule has 1 aliphatic carbocycles. The zero-order valence-electron chi connectivity index (χ0n) is 10.3. The quantitative estimate of drug-likeness (QED) is 0.842. The van der Waals surface area contributed by atoms with Crippen LogP contribution in [-0.2, 0) is 0 Å². The Hall–Kier alpha value is -1.11. The smallest absolute Gasteiger partial charge is 0.310 e. The molecule has 1 aromatic rings. The third-order valence-corrected chi connectivity index (χ3v) is 4.17. The molecular formula is C12H15F4N3. The molecule has 1 aliphatic heterocycles. The van der Waals surface area contributed by atoms with E-state index in [4.69, 9.17) is 0 Å². The number of nitrogens with zero attached hydrogens (tertiary/aromatic N) is 2. The Morgan fingerprint density at radius 3 is 2.68 bits per heavy atom. The number of hydrogen-bond acceptors (Lipinski definition) is 2. The van der Waals surface area contributed by atoms with Crippen LogP contribution in [0, 0.1) is 5.41 Å². The molecule has 1 atom stereocenters. The van der Waals surface area contributed by atoms with Crippen molar-refractivity contribution < 1.29 is 17.6 Å². The molecule has 2 heterocycles.